The third kappa shape index (κ3) is 4.56. The van der Waals surface area contributed by atoms with Crippen LogP contribution < -0.4 is 5.32 Å². The molecule has 0 fully saturated rings. The summed E-state index contributed by atoms with van der Waals surface area (Å²) in [5.41, 5.74) is 1.94. The Kier molecular flexibility index (Phi) is 5.81. The van der Waals surface area contributed by atoms with E-state index in [-0.39, 0.29) is 5.69 Å². The molecule has 2 heterocycles. The van der Waals surface area contributed by atoms with E-state index < -0.39 is 17.7 Å². The van der Waals surface area contributed by atoms with Crippen molar-refractivity contribution in [3.05, 3.63) is 83.7 Å². The number of fused-ring (bicyclic) bond motifs is 1. The first kappa shape index (κ1) is 21.4. The summed E-state index contributed by atoms with van der Waals surface area (Å²) in [4.78, 5) is 20.7. The van der Waals surface area contributed by atoms with Gasteiger partial charge in [0.25, 0.3) is 0 Å². The second kappa shape index (κ2) is 8.70. The standard InChI is InChI=1S/C23H19F3N4O2/c1-32-21(31)15-8-9-20-19(13-15)29-22(30(20)12-10-17-6-2-3-11-27-17)28-18-7-4-5-16(14-18)23(24,25)26/h2-9,11,13-14H,10,12H2,1H3,(H,28,29). The second-order valence-electron chi connectivity index (χ2n) is 7.06. The maximum absolute atomic E-state index is 13.1. The second-order valence-corrected chi connectivity index (χ2v) is 7.06. The molecular formula is C23H19F3N4O2. The number of anilines is 2. The van der Waals surface area contributed by atoms with Gasteiger partial charge < -0.3 is 14.6 Å². The molecule has 0 bridgehead atoms. The van der Waals surface area contributed by atoms with E-state index in [9.17, 15) is 18.0 Å². The molecule has 0 saturated carbocycles. The number of hydrogen-bond donors (Lipinski definition) is 1. The minimum Gasteiger partial charge on any atom is -0.465 e. The SMILES string of the molecule is COC(=O)c1ccc2c(c1)nc(Nc1cccc(C(F)(F)F)c1)n2CCc1ccccn1. The van der Waals surface area contributed by atoms with Crippen molar-refractivity contribution in [1.29, 1.82) is 0 Å². The first-order chi connectivity index (χ1) is 15.3. The molecule has 0 saturated heterocycles. The van der Waals surface area contributed by atoms with Gasteiger partial charge in [0.05, 0.1) is 29.3 Å². The van der Waals surface area contributed by atoms with Gasteiger partial charge in [-0.2, -0.15) is 13.2 Å². The van der Waals surface area contributed by atoms with Crippen LogP contribution in [-0.2, 0) is 23.9 Å². The minimum absolute atomic E-state index is 0.252. The molecule has 1 N–H and O–H groups in total. The molecule has 0 atom stereocenters. The van der Waals surface area contributed by atoms with Crippen molar-refractivity contribution < 1.29 is 22.7 Å². The van der Waals surface area contributed by atoms with Crippen molar-refractivity contribution in [3.8, 4) is 0 Å². The number of aryl methyl sites for hydroxylation is 2. The number of rotatable bonds is 6. The number of alkyl halides is 3. The lowest BCUT2D eigenvalue weighted by atomic mass is 10.2. The average Bonchev–Trinajstić information content (AvgIpc) is 3.13. The van der Waals surface area contributed by atoms with E-state index in [1.807, 2.05) is 22.8 Å². The Morgan fingerprint density at radius 3 is 2.66 bits per heavy atom. The predicted molar refractivity (Wildman–Crippen MR) is 114 cm³/mol. The number of hydrogen-bond acceptors (Lipinski definition) is 5. The summed E-state index contributed by atoms with van der Waals surface area (Å²) >= 11 is 0. The van der Waals surface area contributed by atoms with Gasteiger partial charge in [0.15, 0.2) is 0 Å². The van der Waals surface area contributed by atoms with Crippen molar-refractivity contribution >= 4 is 28.6 Å². The zero-order chi connectivity index (χ0) is 22.7. The summed E-state index contributed by atoms with van der Waals surface area (Å²) < 4.78 is 46.0. The van der Waals surface area contributed by atoms with Crippen LogP contribution >= 0.6 is 0 Å². The quantitative estimate of drug-likeness (QED) is 0.416. The monoisotopic (exact) mass is 440 g/mol. The van der Waals surface area contributed by atoms with Gasteiger partial charge >= 0.3 is 12.1 Å². The smallest absolute Gasteiger partial charge is 0.416 e. The van der Waals surface area contributed by atoms with Gasteiger partial charge in [0, 0.05) is 30.5 Å². The van der Waals surface area contributed by atoms with Crippen LogP contribution in [0.25, 0.3) is 11.0 Å². The van der Waals surface area contributed by atoms with Crippen LogP contribution in [0.1, 0.15) is 21.6 Å². The molecule has 2 aromatic carbocycles. The van der Waals surface area contributed by atoms with E-state index >= 15 is 0 Å². The normalized spacial score (nSPS) is 11.5. The lowest BCUT2D eigenvalue weighted by Gasteiger charge is -2.13. The number of carbonyl (C=O) groups excluding carboxylic acids is 1. The molecule has 0 aliphatic carbocycles. The van der Waals surface area contributed by atoms with E-state index in [1.165, 1.54) is 19.2 Å². The van der Waals surface area contributed by atoms with Crippen LogP contribution in [-0.4, -0.2) is 27.6 Å². The number of methoxy groups -OCH3 is 1. The summed E-state index contributed by atoms with van der Waals surface area (Å²) in [6.07, 6.45) is -2.17. The van der Waals surface area contributed by atoms with E-state index in [0.29, 0.717) is 30.0 Å². The maximum Gasteiger partial charge on any atom is 0.416 e. The lowest BCUT2D eigenvalue weighted by molar-refractivity contribution is -0.137. The van der Waals surface area contributed by atoms with Crippen LogP contribution in [0.2, 0.25) is 0 Å². The Morgan fingerprint density at radius 2 is 1.94 bits per heavy atom. The number of carbonyl (C=O) groups is 1. The first-order valence-electron chi connectivity index (χ1n) is 9.78. The fraction of sp³-hybridized carbons (Fsp3) is 0.174. The first-order valence-corrected chi connectivity index (χ1v) is 9.78. The fourth-order valence-corrected chi connectivity index (χ4v) is 3.37. The molecular weight excluding hydrogens is 421 g/mol. The molecule has 0 aliphatic rings. The van der Waals surface area contributed by atoms with Gasteiger partial charge in [-0.3, -0.25) is 4.98 Å². The molecule has 0 aliphatic heterocycles. The number of aromatic nitrogens is 3. The van der Waals surface area contributed by atoms with Crippen molar-refractivity contribution in [3.63, 3.8) is 0 Å². The van der Waals surface area contributed by atoms with Crippen LogP contribution in [0.5, 0.6) is 0 Å². The number of pyridine rings is 1. The summed E-state index contributed by atoms with van der Waals surface area (Å²) in [5.74, 6) is -0.139. The Morgan fingerprint density at radius 1 is 1.09 bits per heavy atom. The molecule has 9 heteroatoms. The number of halogens is 3. The van der Waals surface area contributed by atoms with Gasteiger partial charge in [0.1, 0.15) is 0 Å². The fourth-order valence-electron chi connectivity index (χ4n) is 3.37. The van der Waals surface area contributed by atoms with Gasteiger partial charge in [-0.25, -0.2) is 9.78 Å². The molecule has 164 valence electrons. The predicted octanol–water partition coefficient (Wildman–Crippen LogP) is 5.22. The Labute approximate surface area is 181 Å². The van der Waals surface area contributed by atoms with Crippen LogP contribution in [0, 0.1) is 0 Å². The number of imidazole rings is 1. The highest BCUT2D eigenvalue weighted by molar-refractivity contribution is 5.94. The Hall–Kier alpha value is -3.88. The average molecular weight is 440 g/mol. The number of esters is 1. The molecule has 2 aromatic heterocycles. The molecule has 4 aromatic rings. The van der Waals surface area contributed by atoms with Gasteiger partial charge in [0.2, 0.25) is 5.95 Å². The van der Waals surface area contributed by atoms with Crippen LogP contribution in [0.15, 0.2) is 66.9 Å². The third-order valence-electron chi connectivity index (χ3n) is 4.93. The van der Waals surface area contributed by atoms with Crippen molar-refractivity contribution in [2.45, 2.75) is 19.1 Å². The number of ether oxygens (including phenoxy) is 1. The number of nitrogens with one attached hydrogen (secondary N) is 1. The van der Waals surface area contributed by atoms with Gasteiger partial charge in [-0.1, -0.05) is 12.1 Å². The number of benzene rings is 2. The van der Waals surface area contributed by atoms with E-state index in [4.69, 9.17) is 4.74 Å². The van der Waals surface area contributed by atoms with Gasteiger partial charge in [-0.15, -0.1) is 0 Å². The van der Waals surface area contributed by atoms with Crippen molar-refractivity contribution in [1.82, 2.24) is 14.5 Å². The summed E-state index contributed by atoms with van der Waals surface area (Å²) in [6, 6.07) is 15.5. The molecule has 0 spiro atoms. The molecule has 0 unspecified atom stereocenters. The zero-order valence-corrected chi connectivity index (χ0v) is 17.1. The Bertz CT molecular complexity index is 1250. The van der Waals surface area contributed by atoms with Gasteiger partial charge in [-0.05, 0) is 48.5 Å². The third-order valence-corrected chi connectivity index (χ3v) is 4.93. The maximum atomic E-state index is 13.1. The molecule has 32 heavy (non-hydrogen) atoms. The summed E-state index contributed by atoms with van der Waals surface area (Å²) in [6.45, 7) is 0.479. The summed E-state index contributed by atoms with van der Waals surface area (Å²) in [7, 11) is 1.29. The molecule has 6 nitrogen and oxygen atoms in total. The zero-order valence-electron chi connectivity index (χ0n) is 17.1. The highest BCUT2D eigenvalue weighted by atomic mass is 19.4. The topological polar surface area (TPSA) is 69.0 Å². The highest BCUT2D eigenvalue weighted by Crippen LogP contribution is 2.32. The van der Waals surface area contributed by atoms with Crippen LogP contribution in [0.3, 0.4) is 0 Å². The molecule has 0 radical (unpaired) electrons. The van der Waals surface area contributed by atoms with Crippen molar-refractivity contribution in [2.75, 3.05) is 12.4 Å². The number of nitrogens with zero attached hydrogens (tertiary/aromatic N) is 3. The molecule has 4 rings (SSSR count). The van der Waals surface area contributed by atoms with Crippen LogP contribution in [0.4, 0.5) is 24.8 Å². The largest absolute Gasteiger partial charge is 0.465 e. The molecule has 0 amide bonds. The van der Waals surface area contributed by atoms with E-state index in [0.717, 1.165) is 23.3 Å². The summed E-state index contributed by atoms with van der Waals surface area (Å²) in [5, 5.41) is 2.99. The van der Waals surface area contributed by atoms with Crippen molar-refractivity contribution in [2.24, 2.45) is 0 Å². The highest BCUT2D eigenvalue weighted by Gasteiger charge is 2.30. The van der Waals surface area contributed by atoms with E-state index in [2.05, 4.69) is 15.3 Å². The minimum atomic E-state index is -4.45. The van der Waals surface area contributed by atoms with E-state index in [1.54, 1.807) is 24.4 Å². The Balaban J connectivity index is 1.73. The lowest BCUT2D eigenvalue weighted by Crippen LogP contribution is -2.08.